The molecule has 0 aromatic rings. The highest BCUT2D eigenvalue weighted by Gasteiger charge is 2.26. The van der Waals surface area contributed by atoms with Gasteiger partial charge in [0.05, 0.1) is 0 Å². The van der Waals surface area contributed by atoms with E-state index in [1.54, 1.807) is 4.90 Å². The van der Waals surface area contributed by atoms with Crippen LogP contribution in [0.1, 0.15) is 32.6 Å². The monoisotopic (exact) mass is 306 g/mol. The van der Waals surface area contributed by atoms with Gasteiger partial charge in [0.15, 0.2) is 0 Å². The van der Waals surface area contributed by atoms with Crippen molar-refractivity contribution in [3.05, 3.63) is 0 Å². The van der Waals surface area contributed by atoms with Gasteiger partial charge in [-0.15, -0.1) is 0 Å². The van der Waals surface area contributed by atoms with Crippen LogP contribution in [-0.2, 0) is 15.0 Å². The second-order valence-electron chi connectivity index (χ2n) is 5.22. The van der Waals surface area contributed by atoms with E-state index < -0.39 is 10.2 Å². The van der Waals surface area contributed by atoms with Gasteiger partial charge in [-0.1, -0.05) is 13.3 Å². The van der Waals surface area contributed by atoms with E-state index in [1.807, 2.05) is 0 Å². The predicted octanol–water partition coefficient (Wildman–Crippen LogP) is -0.511. The van der Waals surface area contributed by atoms with Crippen LogP contribution in [0.2, 0.25) is 0 Å². The number of hydrogen-bond acceptors (Lipinski definition) is 4. The standard InChI is InChI=1S/C12H26N4O3S/c1-2-11(5-6-13)3-4-12(17)15-7-9-16(10-8-15)20(14,18)19/h11H,2-10,13H2,1H3,(H2,14,18,19). The SMILES string of the molecule is CCC(CCN)CCC(=O)N1CCN(S(N)(=O)=O)CC1. The molecule has 7 nitrogen and oxygen atoms in total. The lowest BCUT2D eigenvalue weighted by atomic mass is 9.96. The third-order valence-corrected chi connectivity index (χ3v) is 4.95. The van der Waals surface area contributed by atoms with Crippen molar-refractivity contribution in [1.82, 2.24) is 9.21 Å². The second-order valence-corrected chi connectivity index (χ2v) is 6.76. The Balaban J connectivity index is 2.36. The minimum Gasteiger partial charge on any atom is -0.340 e. The molecule has 0 bridgehead atoms. The predicted molar refractivity (Wildman–Crippen MR) is 77.9 cm³/mol. The molecule has 20 heavy (non-hydrogen) atoms. The largest absolute Gasteiger partial charge is 0.340 e. The van der Waals surface area contributed by atoms with Crippen LogP contribution < -0.4 is 10.9 Å². The Morgan fingerprint density at radius 2 is 1.80 bits per heavy atom. The number of nitrogens with two attached hydrogens (primary N) is 2. The summed E-state index contributed by atoms with van der Waals surface area (Å²) >= 11 is 0. The van der Waals surface area contributed by atoms with Crippen LogP contribution >= 0.6 is 0 Å². The molecule has 0 aromatic heterocycles. The molecule has 1 rings (SSSR count). The lowest BCUT2D eigenvalue weighted by molar-refractivity contribution is -0.132. The Kier molecular flexibility index (Phi) is 6.87. The van der Waals surface area contributed by atoms with Gasteiger partial charge < -0.3 is 10.6 Å². The summed E-state index contributed by atoms with van der Waals surface area (Å²) in [6, 6.07) is 0. The van der Waals surface area contributed by atoms with Crippen molar-refractivity contribution in [2.75, 3.05) is 32.7 Å². The van der Waals surface area contributed by atoms with Crippen LogP contribution in [0.4, 0.5) is 0 Å². The molecule has 0 aliphatic carbocycles. The maximum absolute atomic E-state index is 12.1. The first-order valence-corrected chi connectivity index (χ1v) is 8.64. The van der Waals surface area contributed by atoms with E-state index in [9.17, 15) is 13.2 Å². The Morgan fingerprint density at radius 3 is 2.25 bits per heavy atom. The van der Waals surface area contributed by atoms with Crippen LogP contribution in [0.3, 0.4) is 0 Å². The molecule has 0 saturated carbocycles. The van der Waals surface area contributed by atoms with E-state index in [0.717, 1.165) is 19.3 Å². The molecule has 1 unspecified atom stereocenters. The summed E-state index contributed by atoms with van der Waals surface area (Å²) in [4.78, 5) is 13.8. The lowest BCUT2D eigenvalue weighted by Crippen LogP contribution is -2.52. The lowest BCUT2D eigenvalue weighted by Gasteiger charge is -2.33. The minimum absolute atomic E-state index is 0.0922. The molecule has 4 N–H and O–H groups in total. The number of rotatable bonds is 7. The molecule has 0 spiro atoms. The smallest absolute Gasteiger partial charge is 0.277 e. The quantitative estimate of drug-likeness (QED) is 0.660. The molecular formula is C12H26N4O3S. The van der Waals surface area contributed by atoms with Gasteiger partial charge in [0.1, 0.15) is 0 Å². The van der Waals surface area contributed by atoms with E-state index in [-0.39, 0.29) is 19.0 Å². The fourth-order valence-electron chi connectivity index (χ4n) is 2.47. The molecule has 0 radical (unpaired) electrons. The van der Waals surface area contributed by atoms with E-state index in [2.05, 4.69) is 6.92 Å². The van der Waals surface area contributed by atoms with Gasteiger partial charge in [0.2, 0.25) is 5.91 Å². The molecule has 1 fully saturated rings. The van der Waals surface area contributed by atoms with E-state index in [4.69, 9.17) is 10.9 Å². The van der Waals surface area contributed by atoms with E-state index >= 15 is 0 Å². The summed E-state index contributed by atoms with van der Waals surface area (Å²) in [6.07, 6.45) is 3.34. The van der Waals surface area contributed by atoms with Crippen molar-refractivity contribution in [3.63, 3.8) is 0 Å². The molecule has 1 atom stereocenters. The summed E-state index contributed by atoms with van der Waals surface area (Å²) < 4.78 is 23.6. The Bertz CT molecular complexity index is 405. The van der Waals surface area contributed by atoms with Crippen molar-refractivity contribution in [3.8, 4) is 0 Å². The number of piperazine rings is 1. The van der Waals surface area contributed by atoms with Crippen LogP contribution in [0.15, 0.2) is 0 Å². The maximum atomic E-state index is 12.1. The number of carbonyl (C=O) groups excluding carboxylic acids is 1. The van der Waals surface area contributed by atoms with Gasteiger partial charge >= 0.3 is 0 Å². The molecule has 118 valence electrons. The first kappa shape index (κ1) is 17.4. The van der Waals surface area contributed by atoms with Gasteiger partial charge in [-0.05, 0) is 25.3 Å². The zero-order chi connectivity index (χ0) is 15.2. The summed E-state index contributed by atoms with van der Waals surface area (Å²) in [7, 11) is -3.63. The Labute approximate surface area is 121 Å². The number of carbonyl (C=O) groups is 1. The Hall–Kier alpha value is -0.700. The topological polar surface area (TPSA) is 110 Å². The molecular weight excluding hydrogens is 280 g/mol. The van der Waals surface area contributed by atoms with Crippen LogP contribution in [0.5, 0.6) is 0 Å². The zero-order valence-electron chi connectivity index (χ0n) is 12.1. The average Bonchev–Trinajstić information content (AvgIpc) is 2.42. The van der Waals surface area contributed by atoms with Crippen LogP contribution in [0.25, 0.3) is 0 Å². The molecule has 1 aliphatic rings. The minimum atomic E-state index is -3.63. The second kappa shape index (κ2) is 7.92. The van der Waals surface area contributed by atoms with Gasteiger partial charge in [-0.25, -0.2) is 5.14 Å². The number of nitrogens with zero attached hydrogens (tertiary/aromatic N) is 2. The van der Waals surface area contributed by atoms with Crippen molar-refractivity contribution < 1.29 is 13.2 Å². The van der Waals surface area contributed by atoms with Gasteiger partial charge in [0, 0.05) is 32.6 Å². The third kappa shape index (κ3) is 5.35. The number of hydrogen-bond donors (Lipinski definition) is 2. The normalized spacial score (nSPS) is 19.1. The Morgan fingerprint density at radius 1 is 1.20 bits per heavy atom. The van der Waals surface area contributed by atoms with Crippen LogP contribution in [0, 0.1) is 5.92 Å². The summed E-state index contributed by atoms with van der Waals surface area (Å²) in [5, 5.41) is 5.06. The number of amides is 1. The first-order chi connectivity index (χ1) is 9.38. The molecule has 1 saturated heterocycles. The third-order valence-electron chi connectivity index (χ3n) is 3.87. The van der Waals surface area contributed by atoms with Crippen molar-refractivity contribution in [1.29, 1.82) is 0 Å². The highest BCUT2D eigenvalue weighted by molar-refractivity contribution is 7.86. The first-order valence-electron chi connectivity index (χ1n) is 7.14. The van der Waals surface area contributed by atoms with Crippen molar-refractivity contribution >= 4 is 16.1 Å². The van der Waals surface area contributed by atoms with Gasteiger partial charge in [0.25, 0.3) is 10.2 Å². The van der Waals surface area contributed by atoms with Crippen LogP contribution in [-0.4, -0.2) is 56.3 Å². The van der Waals surface area contributed by atoms with E-state index in [0.29, 0.717) is 32.0 Å². The summed E-state index contributed by atoms with van der Waals surface area (Å²) in [6.45, 7) is 4.16. The fourth-order valence-corrected chi connectivity index (χ4v) is 3.14. The van der Waals surface area contributed by atoms with Gasteiger partial charge in [-0.3, -0.25) is 4.79 Å². The van der Waals surface area contributed by atoms with Crippen molar-refractivity contribution in [2.24, 2.45) is 16.8 Å². The summed E-state index contributed by atoms with van der Waals surface area (Å²) in [5.74, 6) is 0.587. The highest BCUT2D eigenvalue weighted by atomic mass is 32.2. The summed E-state index contributed by atoms with van der Waals surface area (Å²) in [5.41, 5.74) is 5.54. The van der Waals surface area contributed by atoms with E-state index in [1.165, 1.54) is 4.31 Å². The van der Waals surface area contributed by atoms with Crippen molar-refractivity contribution in [2.45, 2.75) is 32.6 Å². The zero-order valence-corrected chi connectivity index (χ0v) is 12.9. The molecule has 1 amide bonds. The maximum Gasteiger partial charge on any atom is 0.277 e. The fraction of sp³-hybridized carbons (Fsp3) is 0.917. The highest BCUT2D eigenvalue weighted by Crippen LogP contribution is 2.16. The average molecular weight is 306 g/mol. The van der Waals surface area contributed by atoms with Gasteiger partial charge in [-0.2, -0.15) is 12.7 Å². The molecule has 1 aliphatic heterocycles. The molecule has 0 aromatic carbocycles. The molecule has 1 heterocycles. The molecule has 8 heteroatoms.